The number of halogens is 2. The molecule has 24 heavy (non-hydrogen) atoms. The topological polar surface area (TPSA) is 30.9 Å². The summed E-state index contributed by atoms with van der Waals surface area (Å²) in [5, 5.41) is 3.88. The molecule has 1 aliphatic heterocycles. The van der Waals surface area contributed by atoms with Gasteiger partial charge in [0.2, 0.25) is 0 Å². The van der Waals surface area contributed by atoms with Crippen molar-refractivity contribution in [3.8, 4) is 0 Å². The second-order valence-corrected chi connectivity index (χ2v) is 6.48. The maximum Gasteiger partial charge on any atom is 0.193 e. The van der Waals surface area contributed by atoms with E-state index >= 15 is 0 Å². The molecule has 1 aliphatic rings. The van der Waals surface area contributed by atoms with Crippen molar-refractivity contribution in [3.63, 3.8) is 0 Å². The van der Waals surface area contributed by atoms with Crippen LogP contribution in [0.3, 0.4) is 0 Å². The molecule has 1 aromatic rings. The van der Waals surface area contributed by atoms with E-state index in [1.165, 1.54) is 18.6 Å². The van der Waals surface area contributed by atoms with Crippen LogP contribution in [0.2, 0.25) is 5.02 Å². The van der Waals surface area contributed by atoms with Crippen LogP contribution in [-0.2, 0) is 6.42 Å². The third-order valence-electron chi connectivity index (χ3n) is 4.70. The molecule has 2 rings (SSSR count). The van der Waals surface area contributed by atoms with E-state index in [0.717, 1.165) is 50.7 Å². The summed E-state index contributed by atoms with van der Waals surface area (Å²) >= 11 is 6.08. The Hall–Kier alpha value is -1.33. The van der Waals surface area contributed by atoms with E-state index < -0.39 is 0 Å². The molecule has 1 unspecified atom stereocenters. The molecule has 0 spiro atoms. The van der Waals surface area contributed by atoms with E-state index in [1.54, 1.807) is 6.07 Å². The Balaban J connectivity index is 1.85. The highest BCUT2D eigenvalue weighted by Gasteiger charge is 2.27. The van der Waals surface area contributed by atoms with E-state index in [9.17, 15) is 4.39 Å². The van der Waals surface area contributed by atoms with Gasteiger partial charge in [-0.15, -0.1) is 0 Å². The van der Waals surface area contributed by atoms with Crippen LogP contribution in [-0.4, -0.2) is 61.6 Å². The van der Waals surface area contributed by atoms with Gasteiger partial charge >= 0.3 is 0 Å². The lowest BCUT2D eigenvalue weighted by molar-refractivity contribution is 0.223. The highest BCUT2D eigenvalue weighted by atomic mass is 35.5. The summed E-state index contributed by atoms with van der Waals surface area (Å²) in [5.74, 6) is 0.634. The number of likely N-dealkylation sites (tertiary alicyclic amines) is 1. The Morgan fingerprint density at radius 1 is 1.42 bits per heavy atom. The van der Waals surface area contributed by atoms with Crippen LogP contribution in [0.25, 0.3) is 0 Å². The molecular formula is C18H28ClFN4. The first-order valence-electron chi connectivity index (χ1n) is 8.72. The van der Waals surface area contributed by atoms with Crippen molar-refractivity contribution in [1.82, 2.24) is 15.1 Å². The molecule has 0 radical (unpaired) electrons. The first-order valence-corrected chi connectivity index (χ1v) is 9.10. The number of hydrogen-bond donors (Lipinski definition) is 1. The van der Waals surface area contributed by atoms with Crippen LogP contribution in [0.15, 0.2) is 23.2 Å². The van der Waals surface area contributed by atoms with Crippen molar-refractivity contribution in [2.24, 2.45) is 4.99 Å². The Morgan fingerprint density at radius 3 is 2.79 bits per heavy atom. The minimum atomic E-state index is -0.299. The summed E-state index contributed by atoms with van der Waals surface area (Å²) in [6.07, 6.45) is 1.91. The Kier molecular flexibility index (Phi) is 7.31. The van der Waals surface area contributed by atoms with Gasteiger partial charge < -0.3 is 10.2 Å². The Labute approximate surface area is 149 Å². The molecule has 1 fully saturated rings. The number of benzene rings is 1. The largest absolute Gasteiger partial charge is 0.356 e. The fourth-order valence-electron chi connectivity index (χ4n) is 3.34. The first kappa shape index (κ1) is 19.0. The second-order valence-electron chi connectivity index (χ2n) is 6.07. The van der Waals surface area contributed by atoms with Crippen LogP contribution in [0.5, 0.6) is 0 Å². The molecule has 0 saturated carbocycles. The van der Waals surface area contributed by atoms with Gasteiger partial charge in [0.05, 0.1) is 0 Å². The molecule has 1 N–H and O–H groups in total. The van der Waals surface area contributed by atoms with Gasteiger partial charge in [-0.3, -0.25) is 9.89 Å². The summed E-state index contributed by atoms with van der Waals surface area (Å²) in [7, 11) is 1.82. The van der Waals surface area contributed by atoms with Crippen molar-refractivity contribution < 1.29 is 4.39 Å². The third kappa shape index (κ3) is 4.84. The molecule has 0 bridgehead atoms. The Bertz CT molecular complexity index is 560. The summed E-state index contributed by atoms with van der Waals surface area (Å²) in [6.45, 7) is 9.37. The summed E-state index contributed by atoms with van der Waals surface area (Å²) in [6, 6.07) is 5.16. The van der Waals surface area contributed by atoms with Gasteiger partial charge in [0.15, 0.2) is 5.96 Å². The van der Waals surface area contributed by atoms with Crippen LogP contribution in [0.1, 0.15) is 25.8 Å². The molecular weight excluding hydrogens is 327 g/mol. The van der Waals surface area contributed by atoms with Crippen molar-refractivity contribution >= 4 is 17.6 Å². The quantitative estimate of drug-likeness (QED) is 0.629. The van der Waals surface area contributed by atoms with Gasteiger partial charge in [0.25, 0.3) is 0 Å². The van der Waals surface area contributed by atoms with Gasteiger partial charge in [-0.1, -0.05) is 31.5 Å². The molecule has 0 aliphatic carbocycles. The lowest BCUT2D eigenvalue weighted by atomic mass is 10.1. The average molecular weight is 355 g/mol. The molecule has 1 heterocycles. The molecule has 134 valence electrons. The van der Waals surface area contributed by atoms with Crippen LogP contribution in [0.4, 0.5) is 4.39 Å². The zero-order chi connectivity index (χ0) is 17.5. The lowest BCUT2D eigenvalue weighted by Crippen LogP contribution is -2.43. The first-order chi connectivity index (χ1) is 11.6. The fourth-order valence-corrected chi connectivity index (χ4v) is 3.60. The van der Waals surface area contributed by atoms with Crippen LogP contribution in [0, 0.1) is 5.82 Å². The van der Waals surface area contributed by atoms with E-state index in [-0.39, 0.29) is 5.82 Å². The maximum absolute atomic E-state index is 13.1. The second kappa shape index (κ2) is 9.23. The number of hydrogen-bond acceptors (Lipinski definition) is 2. The number of aliphatic imine (C=N–C) groups is 1. The van der Waals surface area contributed by atoms with E-state index in [2.05, 4.69) is 34.0 Å². The predicted octanol–water partition coefficient (Wildman–Crippen LogP) is 3.01. The molecule has 0 amide bonds. The van der Waals surface area contributed by atoms with Crippen LogP contribution < -0.4 is 5.32 Å². The van der Waals surface area contributed by atoms with Gasteiger partial charge in [-0.2, -0.15) is 0 Å². The molecule has 0 aromatic heterocycles. The standard InChI is InChI=1S/C18H28ClFN4/c1-4-23(5-2)16-9-11-24(13-16)18(21-3)22-10-8-14-6-7-15(20)12-17(14)19/h6-7,12,16H,4-5,8-11,13H2,1-3H3,(H,21,22). The van der Waals surface area contributed by atoms with E-state index in [4.69, 9.17) is 11.6 Å². The molecule has 1 atom stereocenters. The third-order valence-corrected chi connectivity index (χ3v) is 5.05. The number of guanidine groups is 1. The summed E-state index contributed by atoms with van der Waals surface area (Å²) in [5.41, 5.74) is 0.948. The summed E-state index contributed by atoms with van der Waals surface area (Å²) in [4.78, 5) is 9.22. The minimum Gasteiger partial charge on any atom is -0.356 e. The average Bonchev–Trinajstić information content (AvgIpc) is 3.04. The maximum atomic E-state index is 13.1. The van der Waals surface area contributed by atoms with Gasteiger partial charge in [0.1, 0.15) is 5.82 Å². The lowest BCUT2D eigenvalue weighted by Gasteiger charge is -2.27. The fraction of sp³-hybridized carbons (Fsp3) is 0.611. The molecule has 1 saturated heterocycles. The normalized spacial score (nSPS) is 18.5. The van der Waals surface area contributed by atoms with E-state index in [0.29, 0.717) is 11.1 Å². The highest BCUT2D eigenvalue weighted by molar-refractivity contribution is 6.31. The van der Waals surface area contributed by atoms with Gasteiger partial charge in [0, 0.05) is 37.7 Å². The van der Waals surface area contributed by atoms with Crippen molar-refractivity contribution in [2.75, 3.05) is 39.8 Å². The van der Waals surface area contributed by atoms with E-state index in [1.807, 2.05) is 7.05 Å². The predicted molar refractivity (Wildman–Crippen MR) is 99.4 cm³/mol. The molecule has 6 heteroatoms. The van der Waals surface area contributed by atoms with Crippen molar-refractivity contribution in [2.45, 2.75) is 32.7 Å². The Morgan fingerprint density at radius 2 is 2.17 bits per heavy atom. The van der Waals surface area contributed by atoms with Gasteiger partial charge in [-0.05, 0) is 43.6 Å². The van der Waals surface area contributed by atoms with Gasteiger partial charge in [-0.25, -0.2) is 4.39 Å². The molecule has 4 nitrogen and oxygen atoms in total. The zero-order valence-corrected chi connectivity index (χ0v) is 15.6. The number of rotatable bonds is 6. The number of nitrogens with one attached hydrogen (secondary N) is 1. The SMILES string of the molecule is CCN(CC)C1CCN(C(=NC)NCCc2ccc(F)cc2Cl)C1. The van der Waals surface area contributed by atoms with Crippen molar-refractivity contribution in [1.29, 1.82) is 0 Å². The molecule has 1 aromatic carbocycles. The smallest absolute Gasteiger partial charge is 0.193 e. The minimum absolute atomic E-state index is 0.299. The number of likely N-dealkylation sites (N-methyl/N-ethyl adjacent to an activating group) is 1. The zero-order valence-electron chi connectivity index (χ0n) is 14.9. The summed E-state index contributed by atoms with van der Waals surface area (Å²) < 4.78 is 13.1. The number of nitrogens with zero attached hydrogens (tertiary/aromatic N) is 3. The highest BCUT2D eigenvalue weighted by Crippen LogP contribution is 2.18. The van der Waals surface area contributed by atoms with Crippen LogP contribution >= 0.6 is 11.6 Å². The van der Waals surface area contributed by atoms with Crippen molar-refractivity contribution in [3.05, 3.63) is 34.6 Å². The monoisotopic (exact) mass is 354 g/mol.